The highest BCUT2D eigenvalue weighted by Crippen LogP contribution is 2.22. The molecule has 0 fully saturated rings. The zero-order valence-corrected chi connectivity index (χ0v) is 11.3. The Hall–Kier alpha value is -0.570. The van der Waals surface area contributed by atoms with Crippen LogP contribution in [0.4, 0.5) is 0 Å². The maximum Gasteiger partial charge on any atom is 0.0453 e. The molecule has 2 nitrogen and oxygen atoms in total. The molecule has 0 aliphatic carbocycles. The van der Waals surface area contributed by atoms with Crippen molar-refractivity contribution in [2.75, 3.05) is 20.6 Å². The van der Waals surface area contributed by atoms with Crippen molar-refractivity contribution in [1.29, 1.82) is 0 Å². The first-order chi connectivity index (χ1) is 7.50. The van der Waals surface area contributed by atoms with Gasteiger partial charge < -0.3 is 10.2 Å². The molecule has 90 valence electrons. The summed E-state index contributed by atoms with van der Waals surface area (Å²) in [6.07, 6.45) is 0. The SMILES string of the molecule is CC(CN(C)C)NC(C)c1ccccc1Cl. The standard InChI is InChI=1S/C13H21ClN2/c1-10(9-16(3)4)15-11(2)12-7-5-6-8-13(12)14/h5-8,10-11,15H,9H2,1-4H3. The first-order valence-electron chi connectivity index (χ1n) is 5.66. The Morgan fingerprint density at radius 2 is 1.88 bits per heavy atom. The van der Waals surface area contributed by atoms with Gasteiger partial charge in [0.05, 0.1) is 0 Å². The van der Waals surface area contributed by atoms with Crippen molar-refractivity contribution < 1.29 is 0 Å². The molecular formula is C13H21ClN2. The second kappa shape index (κ2) is 6.24. The van der Waals surface area contributed by atoms with E-state index in [-0.39, 0.29) is 6.04 Å². The van der Waals surface area contributed by atoms with Crippen LogP contribution >= 0.6 is 11.6 Å². The van der Waals surface area contributed by atoms with Gasteiger partial charge in [-0.3, -0.25) is 0 Å². The quantitative estimate of drug-likeness (QED) is 0.852. The Labute approximate surface area is 104 Å². The Balaban J connectivity index is 2.58. The topological polar surface area (TPSA) is 15.3 Å². The second-order valence-corrected chi connectivity index (χ2v) is 4.98. The van der Waals surface area contributed by atoms with Crippen LogP contribution < -0.4 is 5.32 Å². The van der Waals surface area contributed by atoms with Gasteiger partial charge in [-0.15, -0.1) is 0 Å². The van der Waals surface area contributed by atoms with E-state index in [4.69, 9.17) is 11.6 Å². The van der Waals surface area contributed by atoms with E-state index >= 15 is 0 Å². The van der Waals surface area contributed by atoms with E-state index in [2.05, 4.69) is 44.2 Å². The van der Waals surface area contributed by atoms with E-state index < -0.39 is 0 Å². The predicted molar refractivity (Wildman–Crippen MR) is 71.0 cm³/mol. The van der Waals surface area contributed by atoms with Crippen molar-refractivity contribution in [2.45, 2.75) is 25.9 Å². The molecule has 2 unspecified atom stereocenters. The average Bonchev–Trinajstić information content (AvgIpc) is 2.16. The summed E-state index contributed by atoms with van der Waals surface area (Å²) in [5.74, 6) is 0. The maximum absolute atomic E-state index is 6.16. The zero-order chi connectivity index (χ0) is 12.1. The van der Waals surface area contributed by atoms with Crippen molar-refractivity contribution >= 4 is 11.6 Å². The van der Waals surface area contributed by atoms with Crippen LogP contribution in [0.3, 0.4) is 0 Å². The first kappa shape index (κ1) is 13.5. The normalized spacial score (nSPS) is 15.1. The highest BCUT2D eigenvalue weighted by atomic mass is 35.5. The highest BCUT2D eigenvalue weighted by Gasteiger charge is 2.12. The summed E-state index contributed by atoms with van der Waals surface area (Å²) in [6, 6.07) is 8.72. The minimum absolute atomic E-state index is 0.281. The van der Waals surface area contributed by atoms with E-state index in [9.17, 15) is 0 Å². The Morgan fingerprint density at radius 3 is 2.44 bits per heavy atom. The molecule has 0 aliphatic rings. The Kier molecular flexibility index (Phi) is 5.26. The van der Waals surface area contributed by atoms with Crippen molar-refractivity contribution in [3.63, 3.8) is 0 Å². The molecule has 1 aromatic rings. The number of rotatable bonds is 5. The van der Waals surface area contributed by atoms with Gasteiger partial charge in [-0.25, -0.2) is 0 Å². The molecule has 0 spiro atoms. The van der Waals surface area contributed by atoms with E-state index in [1.165, 1.54) is 0 Å². The van der Waals surface area contributed by atoms with Crippen LogP contribution in [0.2, 0.25) is 5.02 Å². The molecule has 3 heteroatoms. The number of nitrogens with one attached hydrogen (secondary N) is 1. The lowest BCUT2D eigenvalue weighted by Gasteiger charge is -2.23. The zero-order valence-electron chi connectivity index (χ0n) is 10.5. The summed E-state index contributed by atoms with van der Waals surface area (Å²) in [5.41, 5.74) is 1.16. The fourth-order valence-electron chi connectivity index (χ4n) is 1.94. The summed E-state index contributed by atoms with van der Waals surface area (Å²) in [4.78, 5) is 2.18. The van der Waals surface area contributed by atoms with E-state index in [1.54, 1.807) is 0 Å². The lowest BCUT2D eigenvalue weighted by Crippen LogP contribution is -2.37. The van der Waals surface area contributed by atoms with Gasteiger partial charge in [0.1, 0.15) is 0 Å². The second-order valence-electron chi connectivity index (χ2n) is 4.57. The molecule has 1 aromatic carbocycles. The van der Waals surface area contributed by atoms with Crippen LogP contribution in [0.5, 0.6) is 0 Å². The third-order valence-electron chi connectivity index (χ3n) is 2.55. The number of hydrogen-bond donors (Lipinski definition) is 1. The van der Waals surface area contributed by atoms with E-state index in [1.807, 2.05) is 18.2 Å². The van der Waals surface area contributed by atoms with Crippen LogP contribution in [-0.2, 0) is 0 Å². The van der Waals surface area contributed by atoms with Crippen LogP contribution in [0, 0.1) is 0 Å². The molecule has 0 radical (unpaired) electrons. The van der Waals surface area contributed by atoms with Gasteiger partial charge in [0.15, 0.2) is 0 Å². The van der Waals surface area contributed by atoms with Crippen molar-refractivity contribution in [3.8, 4) is 0 Å². The molecule has 0 aromatic heterocycles. The van der Waals surface area contributed by atoms with Gasteiger partial charge in [-0.2, -0.15) is 0 Å². The summed E-state index contributed by atoms with van der Waals surface area (Å²) in [6.45, 7) is 5.36. The Bertz CT molecular complexity index is 325. The van der Waals surface area contributed by atoms with Gasteiger partial charge in [0.25, 0.3) is 0 Å². The van der Waals surface area contributed by atoms with E-state index in [0.29, 0.717) is 6.04 Å². The number of halogens is 1. The summed E-state index contributed by atoms with van der Waals surface area (Å²) in [5, 5.41) is 4.38. The Morgan fingerprint density at radius 1 is 1.25 bits per heavy atom. The van der Waals surface area contributed by atoms with Crippen molar-refractivity contribution in [1.82, 2.24) is 10.2 Å². The predicted octanol–water partition coefficient (Wildman–Crippen LogP) is 2.94. The smallest absolute Gasteiger partial charge is 0.0453 e. The third kappa shape index (κ3) is 4.12. The molecule has 0 heterocycles. The molecule has 1 rings (SSSR count). The first-order valence-corrected chi connectivity index (χ1v) is 6.03. The molecule has 0 saturated carbocycles. The number of hydrogen-bond acceptors (Lipinski definition) is 2. The molecule has 1 N–H and O–H groups in total. The fraction of sp³-hybridized carbons (Fsp3) is 0.538. The van der Waals surface area contributed by atoms with Crippen LogP contribution in [0.1, 0.15) is 25.5 Å². The molecule has 16 heavy (non-hydrogen) atoms. The van der Waals surface area contributed by atoms with Crippen LogP contribution in [0.25, 0.3) is 0 Å². The monoisotopic (exact) mass is 240 g/mol. The molecule has 2 atom stereocenters. The minimum atomic E-state index is 0.281. The van der Waals surface area contributed by atoms with Crippen molar-refractivity contribution in [2.24, 2.45) is 0 Å². The molecule has 0 amide bonds. The number of benzene rings is 1. The molecule has 0 saturated heterocycles. The molecular weight excluding hydrogens is 220 g/mol. The van der Waals surface area contributed by atoms with Crippen LogP contribution in [-0.4, -0.2) is 31.6 Å². The third-order valence-corrected chi connectivity index (χ3v) is 2.89. The average molecular weight is 241 g/mol. The van der Waals surface area contributed by atoms with E-state index in [0.717, 1.165) is 17.1 Å². The summed E-state index contributed by atoms with van der Waals surface area (Å²) in [7, 11) is 4.16. The molecule has 0 aliphatic heterocycles. The largest absolute Gasteiger partial charge is 0.308 e. The summed E-state index contributed by atoms with van der Waals surface area (Å²) < 4.78 is 0. The summed E-state index contributed by atoms with van der Waals surface area (Å²) >= 11 is 6.16. The van der Waals surface area contributed by atoms with Gasteiger partial charge in [-0.05, 0) is 39.6 Å². The van der Waals surface area contributed by atoms with Gasteiger partial charge >= 0.3 is 0 Å². The van der Waals surface area contributed by atoms with Crippen molar-refractivity contribution in [3.05, 3.63) is 34.9 Å². The van der Waals surface area contributed by atoms with Gasteiger partial charge in [-0.1, -0.05) is 29.8 Å². The van der Waals surface area contributed by atoms with Gasteiger partial charge in [0.2, 0.25) is 0 Å². The number of likely N-dealkylation sites (N-methyl/N-ethyl adjacent to an activating group) is 1. The number of nitrogens with zero attached hydrogens (tertiary/aromatic N) is 1. The lowest BCUT2D eigenvalue weighted by molar-refractivity contribution is 0.334. The fourth-order valence-corrected chi connectivity index (χ4v) is 2.24. The molecule has 0 bridgehead atoms. The van der Waals surface area contributed by atoms with Crippen LogP contribution in [0.15, 0.2) is 24.3 Å². The lowest BCUT2D eigenvalue weighted by atomic mass is 10.1. The highest BCUT2D eigenvalue weighted by molar-refractivity contribution is 6.31. The van der Waals surface area contributed by atoms with Gasteiger partial charge in [0, 0.05) is 23.7 Å². The minimum Gasteiger partial charge on any atom is -0.308 e. The maximum atomic E-state index is 6.16.